The van der Waals surface area contributed by atoms with Crippen LogP contribution in [0.3, 0.4) is 0 Å². The molecule has 0 saturated carbocycles. The summed E-state index contributed by atoms with van der Waals surface area (Å²) < 4.78 is 0. The zero-order valence-corrected chi connectivity index (χ0v) is 17.4. The van der Waals surface area contributed by atoms with Gasteiger partial charge in [0.25, 0.3) is 0 Å². The zero-order valence-electron chi connectivity index (χ0n) is 17.4. The molecule has 0 saturated heterocycles. The molecule has 0 aliphatic rings. The number of aromatic amines is 1. The average molecular weight is 379 g/mol. The smallest absolute Gasteiger partial charge is 0.238 e. The van der Waals surface area contributed by atoms with E-state index in [4.69, 9.17) is 0 Å². The van der Waals surface area contributed by atoms with E-state index in [1.807, 2.05) is 27.1 Å². The van der Waals surface area contributed by atoms with E-state index in [-0.39, 0.29) is 17.9 Å². The summed E-state index contributed by atoms with van der Waals surface area (Å²) in [7, 11) is 7.67. The van der Waals surface area contributed by atoms with Crippen LogP contribution in [0, 0.1) is 0 Å². The van der Waals surface area contributed by atoms with E-state index in [9.17, 15) is 4.79 Å². The molecule has 5 heteroatoms. The molecule has 0 spiro atoms. The lowest BCUT2D eigenvalue weighted by molar-refractivity contribution is -0.130. The maximum absolute atomic E-state index is 12.3. The first kappa shape index (κ1) is 20.0. The number of para-hydroxylation sites is 1. The SMILES string of the molecule is C[C@@H](NC[C@H](c1ccc(N(C)C)cc1)c1c[nH]c2ccccc12)C(=O)N(C)C. The molecule has 1 aromatic heterocycles. The zero-order chi connectivity index (χ0) is 20.3. The number of carbonyl (C=O) groups is 1. The molecule has 5 nitrogen and oxygen atoms in total. The van der Waals surface area contributed by atoms with Crippen molar-refractivity contribution in [3.63, 3.8) is 0 Å². The monoisotopic (exact) mass is 378 g/mol. The summed E-state index contributed by atoms with van der Waals surface area (Å²) >= 11 is 0. The highest BCUT2D eigenvalue weighted by Gasteiger charge is 2.21. The molecule has 2 aromatic carbocycles. The van der Waals surface area contributed by atoms with Crippen LogP contribution >= 0.6 is 0 Å². The summed E-state index contributed by atoms with van der Waals surface area (Å²) in [6.07, 6.45) is 2.09. The minimum atomic E-state index is -0.233. The van der Waals surface area contributed by atoms with Gasteiger partial charge in [-0.15, -0.1) is 0 Å². The van der Waals surface area contributed by atoms with Crippen LogP contribution in [0.15, 0.2) is 54.7 Å². The molecule has 2 N–H and O–H groups in total. The molecule has 0 fully saturated rings. The Kier molecular flexibility index (Phi) is 6.05. The Morgan fingerprint density at radius 2 is 1.71 bits per heavy atom. The van der Waals surface area contributed by atoms with Gasteiger partial charge < -0.3 is 20.1 Å². The van der Waals surface area contributed by atoms with Gasteiger partial charge in [-0.2, -0.15) is 0 Å². The second-order valence-corrected chi connectivity index (χ2v) is 7.69. The van der Waals surface area contributed by atoms with E-state index >= 15 is 0 Å². The topological polar surface area (TPSA) is 51.4 Å². The fraction of sp³-hybridized carbons (Fsp3) is 0.348. The maximum Gasteiger partial charge on any atom is 0.238 e. The maximum atomic E-state index is 12.3. The number of anilines is 1. The van der Waals surface area contributed by atoms with Crippen molar-refractivity contribution in [2.24, 2.45) is 0 Å². The van der Waals surface area contributed by atoms with Gasteiger partial charge in [-0.05, 0) is 36.2 Å². The van der Waals surface area contributed by atoms with E-state index in [1.165, 1.54) is 22.2 Å². The standard InChI is InChI=1S/C23H30N4O/c1-16(23(28)27(4)5)24-14-20(17-10-12-18(13-11-17)26(2)3)21-15-25-22-9-7-6-8-19(21)22/h6-13,15-16,20,24-25H,14H2,1-5H3/t16-,20-/m1/s1. The highest BCUT2D eigenvalue weighted by molar-refractivity contribution is 5.84. The van der Waals surface area contributed by atoms with Crippen molar-refractivity contribution in [1.29, 1.82) is 0 Å². The van der Waals surface area contributed by atoms with Crippen molar-refractivity contribution in [2.45, 2.75) is 18.9 Å². The quantitative estimate of drug-likeness (QED) is 0.662. The Bertz CT molecular complexity index is 927. The van der Waals surface area contributed by atoms with Crippen molar-refractivity contribution in [3.05, 3.63) is 65.9 Å². The molecular weight excluding hydrogens is 348 g/mol. The Morgan fingerprint density at radius 3 is 2.36 bits per heavy atom. The van der Waals surface area contributed by atoms with E-state index in [0.29, 0.717) is 6.54 Å². The second-order valence-electron chi connectivity index (χ2n) is 7.69. The van der Waals surface area contributed by atoms with Crippen LogP contribution in [0.4, 0.5) is 5.69 Å². The van der Waals surface area contributed by atoms with Crippen molar-refractivity contribution in [1.82, 2.24) is 15.2 Å². The van der Waals surface area contributed by atoms with E-state index in [0.717, 1.165) is 5.52 Å². The lowest BCUT2D eigenvalue weighted by Crippen LogP contribution is -2.43. The minimum absolute atomic E-state index is 0.0839. The molecule has 0 radical (unpaired) electrons. The summed E-state index contributed by atoms with van der Waals surface area (Å²) in [5.41, 5.74) is 4.77. The number of nitrogens with zero attached hydrogens (tertiary/aromatic N) is 2. The molecule has 3 aromatic rings. The molecule has 3 rings (SSSR count). The molecule has 1 amide bonds. The third kappa shape index (κ3) is 4.20. The van der Waals surface area contributed by atoms with Crippen molar-refractivity contribution in [2.75, 3.05) is 39.6 Å². The van der Waals surface area contributed by atoms with Crippen molar-refractivity contribution < 1.29 is 4.79 Å². The summed E-state index contributed by atoms with van der Waals surface area (Å²) in [5.74, 6) is 0.227. The van der Waals surface area contributed by atoms with Crippen LogP contribution in [0.2, 0.25) is 0 Å². The summed E-state index contributed by atoms with van der Waals surface area (Å²) in [4.78, 5) is 19.4. The number of aromatic nitrogens is 1. The van der Waals surface area contributed by atoms with Gasteiger partial charge in [0.2, 0.25) is 5.91 Å². The number of carbonyl (C=O) groups excluding carboxylic acids is 1. The number of rotatable bonds is 7. The molecule has 0 aliphatic carbocycles. The first-order chi connectivity index (χ1) is 13.4. The number of benzene rings is 2. The lowest BCUT2D eigenvalue weighted by Gasteiger charge is -2.23. The van der Waals surface area contributed by atoms with Gasteiger partial charge in [0.1, 0.15) is 0 Å². The van der Waals surface area contributed by atoms with Gasteiger partial charge in [0, 0.05) is 63.4 Å². The van der Waals surface area contributed by atoms with E-state index in [2.05, 4.69) is 63.9 Å². The Balaban J connectivity index is 1.93. The predicted octanol–water partition coefficient (Wildman–Crippen LogP) is 3.43. The molecule has 0 aliphatic heterocycles. The number of fused-ring (bicyclic) bond motifs is 1. The molecule has 0 bridgehead atoms. The van der Waals surface area contributed by atoms with Crippen molar-refractivity contribution >= 4 is 22.5 Å². The number of H-pyrrole nitrogens is 1. The van der Waals surface area contributed by atoms with E-state index < -0.39 is 0 Å². The first-order valence-corrected chi connectivity index (χ1v) is 9.66. The fourth-order valence-electron chi connectivity index (χ4n) is 3.56. The lowest BCUT2D eigenvalue weighted by atomic mass is 9.90. The molecule has 0 unspecified atom stereocenters. The number of amides is 1. The third-order valence-corrected chi connectivity index (χ3v) is 5.25. The number of hydrogen-bond donors (Lipinski definition) is 2. The van der Waals surface area contributed by atoms with E-state index in [1.54, 1.807) is 19.0 Å². The molecule has 28 heavy (non-hydrogen) atoms. The first-order valence-electron chi connectivity index (χ1n) is 9.66. The number of likely N-dealkylation sites (N-methyl/N-ethyl adjacent to an activating group) is 1. The highest BCUT2D eigenvalue weighted by Crippen LogP contribution is 2.31. The second kappa shape index (κ2) is 8.48. The van der Waals surface area contributed by atoms with Gasteiger partial charge in [-0.1, -0.05) is 30.3 Å². The van der Waals surface area contributed by atoms with Gasteiger partial charge in [-0.3, -0.25) is 4.79 Å². The molecular formula is C23H30N4O. The predicted molar refractivity (Wildman–Crippen MR) is 117 cm³/mol. The summed E-state index contributed by atoms with van der Waals surface area (Å²) in [6, 6.07) is 16.8. The Morgan fingerprint density at radius 1 is 1.04 bits per heavy atom. The molecule has 148 valence electrons. The van der Waals surface area contributed by atoms with Crippen LogP contribution < -0.4 is 10.2 Å². The minimum Gasteiger partial charge on any atom is -0.378 e. The molecule has 2 atom stereocenters. The van der Waals surface area contributed by atoms with Crippen molar-refractivity contribution in [3.8, 4) is 0 Å². The number of hydrogen-bond acceptors (Lipinski definition) is 3. The van der Waals surface area contributed by atoms with Crippen LogP contribution in [0.1, 0.15) is 24.0 Å². The number of nitrogens with one attached hydrogen (secondary N) is 2. The molecule has 1 heterocycles. The average Bonchev–Trinajstić information content (AvgIpc) is 3.11. The largest absolute Gasteiger partial charge is 0.378 e. The van der Waals surface area contributed by atoms with Gasteiger partial charge in [0.15, 0.2) is 0 Å². The van der Waals surface area contributed by atoms with Gasteiger partial charge in [0.05, 0.1) is 6.04 Å². The van der Waals surface area contributed by atoms with Crippen LogP contribution in [-0.4, -0.2) is 56.6 Å². The Labute approximate surface area is 167 Å². The van der Waals surface area contributed by atoms with Gasteiger partial charge in [-0.25, -0.2) is 0 Å². The van der Waals surface area contributed by atoms with Crippen LogP contribution in [0.25, 0.3) is 10.9 Å². The normalized spacial score (nSPS) is 13.3. The highest BCUT2D eigenvalue weighted by atomic mass is 16.2. The summed E-state index contributed by atoms with van der Waals surface area (Å²) in [5, 5.41) is 4.66. The summed E-state index contributed by atoms with van der Waals surface area (Å²) in [6.45, 7) is 2.60. The van der Waals surface area contributed by atoms with Crippen LogP contribution in [0.5, 0.6) is 0 Å². The van der Waals surface area contributed by atoms with Gasteiger partial charge >= 0.3 is 0 Å². The third-order valence-electron chi connectivity index (χ3n) is 5.25. The fourth-order valence-corrected chi connectivity index (χ4v) is 3.56. The Hall–Kier alpha value is -2.79. The van der Waals surface area contributed by atoms with Crippen LogP contribution in [-0.2, 0) is 4.79 Å².